The van der Waals surface area contributed by atoms with E-state index in [0.717, 1.165) is 61.3 Å². The molecule has 0 saturated carbocycles. The zero-order chi connectivity index (χ0) is 17.5. The molecule has 1 aliphatic rings. The minimum Gasteiger partial charge on any atom is -0.496 e. The Hall–Kier alpha value is -1.09. The van der Waals surface area contributed by atoms with Crippen LogP contribution >= 0.6 is 24.0 Å². The number of aromatic nitrogens is 1. The summed E-state index contributed by atoms with van der Waals surface area (Å²) in [4.78, 5) is 11.5. The van der Waals surface area contributed by atoms with E-state index in [4.69, 9.17) is 14.5 Å². The Morgan fingerprint density at radius 3 is 2.84 bits per heavy atom. The zero-order valence-electron chi connectivity index (χ0n) is 16.0. The first kappa shape index (κ1) is 22.0. The zero-order valence-corrected chi connectivity index (χ0v) is 18.3. The lowest BCUT2D eigenvalue weighted by atomic mass is 10.1. The number of nitrogens with zero attached hydrogens (tertiary/aromatic N) is 3. The molecule has 1 saturated heterocycles. The number of guanidine groups is 1. The van der Waals surface area contributed by atoms with Crippen LogP contribution in [0.5, 0.6) is 5.75 Å². The lowest BCUT2D eigenvalue weighted by Gasteiger charge is -2.24. The van der Waals surface area contributed by atoms with Gasteiger partial charge in [0.2, 0.25) is 0 Å². The number of nitrogens with one attached hydrogen (secondary N) is 1. The van der Waals surface area contributed by atoms with Gasteiger partial charge in [0.05, 0.1) is 26.0 Å². The third-order valence-electron chi connectivity index (χ3n) is 4.38. The Morgan fingerprint density at radius 2 is 2.24 bits per heavy atom. The number of halogens is 1. The fourth-order valence-corrected chi connectivity index (χ4v) is 3.05. The Bertz CT molecular complexity index is 574. The quantitative estimate of drug-likeness (QED) is 0.401. The maximum Gasteiger partial charge on any atom is 0.194 e. The maximum atomic E-state index is 5.48. The normalized spacial score (nSPS) is 17.2. The van der Waals surface area contributed by atoms with E-state index in [1.165, 1.54) is 0 Å². The molecule has 1 aromatic rings. The van der Waals surface area contributed by atoms with Crippen LogP contribution in [0.3, 0.4) is 0 Å². The fraction of sp³-hybridized carbons (Fsp3) is 0.667. The van der Waals surface area contributed by atoms with Crippen molar-refractivity contribution >= 4 is 29.9 Å². The molecule has 0 aliphatic carbocycles. The predicted molar refractivity (Wildman–Crippen MR) is 112 cm³/mol. The van der Waals surface area contributed by atoms with Gasteiger partial charge in [0.25, 0.3) is 0 Å². The van der Waals surface area contributed by atoms with Crippen molar-refractivity contribution in [1.82, 2.24) is 15.2 Å². The number of aryl methyl sites for hydroxylation is 1. The molecule has 1 fully saturated rings. The smallest absolute Gasteiger partial charge is 0.194 e. The molecule has 0 aromatic carbocycles. The van der Waals surface area contributed by atoms with Gasteiger partial charge in [0, 0.05) is 50.0 Å². The van der Waals surface area contributed by atoms with E-state index in [9.17, 15) is 0 Å². The van der Waals surface area contributed by atoms with Gasteiger partial charge in [-0.2, -0.15) is 0 Å². The average Bonchev–Trinajstić information content (AvgIpc) is 3.06. The number of ether oxygens (including phenoxy) is 2. The molecule has 7 heteroatoms. The average molecular weight is 462 g/mol. The molecule has 142 valence electrons. The predicted octanol–water partition coefficient (Wildman–Crippen LogP) is 2.76. The summed E-state index contributed by atoms with van der Waals surface area (Å²) < 4.78 is 10.9. The molecular formula is C18H31IN4O2. The van der Waals surface area contributed by atoms with Crippen molar-refractivity contribution in [2.24, 2.45) is 10.9 Å². The van der Waals surface area contributed by atoms with Crippen LogP contribution in [0.15, 0.2) is 11.2 Å². The second-order valence-corrected chi connectivity index (χ2v) is 6.33. The number of hydrogen-bond acceptors (Lipinski definition) is 4. The SMILES string of the molecule is CCNC(=NCc1ncc(C)c(OC)c1C)N(C)CC1CCOC1.I. The van der Waals surface area contributed by atoms with Gasteiger partial charge in [-0.1, -0.05) is 0 Å². The third-order valence-corrected chi connectivity index (χ3v) is 4.38. The molecule has 1 aromatic heterocycles. The van der Waals surface area contributed by atoms with Gasteiger partial charge >= 0.3 is 0 Å². The van der Waals surface area contributed by atoms with Crippen LogP contribution in [-0.4, -0.2) is 56.3 Å². The Balaban J connectivity index is 0.00000312. The van der Waals surface area contributed by atoms with E-state index < -0.39 is 0 Å². The topological polar surface area (TPSA) is 59.0 Å². The van der Waals surface area contributed by atoms with Crippen LogP contribution in [0.4, 0.5) is 0 Å². The fourth-order valence-electron chi connectivity index (χ4n) is 3.05. The summed E-state index contributed by atoms with van der Waals surface area (Å²) in [5, 5.41) is 3.36. The first-order chi connectivity index (χ1) is 11.6. The lowest BCUT2D eigenvalue weighted by molar-refractivity contribution is 0.181. The number of hydrogen-bond donors (Lipinski definition) is 1. The van der Waals surface area contributed by atoms with Crippen LogP contribution in [0, 0.1) is 19.8 Å². The molecule has 25 heavy (non-hydrogen) atoms. The van der Waals surface area contributed by atoms with Crippen LogP contribution in [-0.2, 0) is 11.3 Å². The van der Waals surface area contributed by atoms with Crippen molar-refractivity contribution < 1.29 is 9.47 Å². The summed E-state index contributed by atoms with van der Waals surface area (Å²) in [5.41, 5.74) is 3.06. The van der Waals surface area contributed by atoms with E-state index in [-0.39, 0.29) is 24.0 Å². The van der Waals surface area contributed by atoms with Crippen LogP contribution in [0.2, 0.25) is 0 Å². The van der Waals surface area contributed by atoms with Gasteiger partial charge in [-0.05, 0) is 27.2 Å². The van der Waals surface area contributed by atoms with Gasteiger partial charge in [-0.25, -0.2) is 4.99 Å². The Morgan fingerprint density at radius 1 is 1.48 bits per heavy atom. The molecule has 2 heterocycles. The van der Waals surface area contributed by atoms with Crippen molar-refractivity contribution in [3.63, 3.8) is 0 Å². The molecular weight excluding hydrogens is 431 g/mol. The first-order valence-corrected chi connectivity index (χ1v) is 8.63. The molecule has 1 unspecified atom stereocenters. The molecule has 1 N–H and O–H groups in total. The minimum atomic E-state index is 0. The van der Waals surface area contributed by atoms with E-state index >= 15 is 0 Å². The molecule has 0 spiro atoms. The van der Waals surface area contributed by atoms with Crippen molar-refractivity contribution in [1.29, 1.82) is 0 Å². The van der Waals surface area contributed by atoms with Gasteiger partial charge in [0.1, 0.15) is 5.75 Å². The lowest BCUT2D eigenvalue weighted by Crippen LogP contribution is -2.41. The summed E-state index contributed by atoms with van der Waals surface area (Å²) >= 11 is 0. The second-order valence-electron chi connectivity index (χ2n) is 6.33. The Labute approximate surface area is 168 Å². The van der Waals surface area contributed by atoms with Crippen molar-refractivity contribution in [3.05, 3.63) is 23.0 Å². The summed E-state index contributed by atoms with van der Waals surface area (Å²) in [6.45, 7) is 10.2. The van der Waals surface area contributed by atoms with E-state index in [1.807, 2.05) is 20.0 Å². The number of rotatable bonds is 6. The van der Waals surface area contributed by atoms with Crippen LogP contribution in [0.1, 0.15) is 30.2 Å². The standard InChI is InChI=1S/C18H30N4O2.HI/c1-6-19-18(22(4)11-15-7-8-24-12-15)21-10-16-14(3)17(23-5)13(2)9-20-16;/h9,15H,6-8,10-12H2,1-5H3,(H,19,21);1H. The molecule has 1 aliphatic heterocycles. The molecule has 6 nitrogen and oxygen atoms in total. The highest BCUT2D eigenvalue weighted by Crippen LogP contribution is 2.24. The van der Waals surface area contributed by atoms with Crippen LogP contribution < -0.4 is 10.1 Å². The first-order valence-electron chi connectivity index (χ1n) is 8.63. The van der Waals surface area contributed by atoms with Crippen molar-refractivity contribution in [2.75, 3.05) is 40.5 Å². The largest absolute Gasteiger partial charge is 0.496 e. The molecule has 2 rings (SSSR count). The van der Waals surface area contributed by atoms with Gasteiger partial charge in [-0.3, -0.25) is 4.98 Å². The summed E-state index contributed by atoms with van der Waals surface area (Å²) in [6, 6.07) is 0. The van der Waals surface area contributed by atoms with Gasteiger partial charge in [0.15, 0.2) is 5.96 Å². The molecule has 0 amide bonds. The number of pyridine rings is 1. The highest BCUT2D eigenvalue weighted by Gasteiger charge is 2.19. The maximum absolute atomic E-state index is 5.48. The summed E-state index contributed by atoms with van der Waals surface area (Å²) in [6.07, 6.45) is 2.97. The third kappa shape index (κ3) is 5.99. The minimum absolute atomic E-state index is 0. The van der Waals surface area contributed by atoms with Gasteiger partial charge < -0.3 is 19.7 Å². The second kappa shape index (κ2) is 10.8. The Kier molecular flexibility index (Phi) is 9.48. The van der Waals surface area contributed by atoms with E-state index in [2.05, 4.69) is 29.2 Å². The molecule has 0 radical (unpaired) electrons. The van der Waals surface area contributed by atoms with Crippen molar-refractivity contribution in [3.8, 4) is 5.75 Å². The highest BCUT2D eigenvalue weighted by atomic mass is 127. The molecule has 0 bridgehead atoms. The number of methoxy groups -OCH3 is 1. The summed E-state index contributed by atoms with van der Waals surface area (Å²) in [5.74, 6) is 2.39. The van der Waals surface area contributed by atoms with E-state index in [0.29, 0.717) is 12.5 Å². The van der Waals surface area contributed by atoms with E-state index in [1.54, 1.807) is 7.11 Å². The monoisotopic (exact) mass is 462 g/mol. The number of aliphatic imine (C=N–C) groups is 1. The van der Waals surface area contributed by atoms with Crippen LogP contribution in [0.25, 0.3) is 0 Å². The van der Waals surface area contributed by atoms with Crippen molar-refractivity contribution in [2.45, 2.75) is 33.7 Å². The molecule has 1 atom stereocenters. The summed E-state index contributed by atoms with van der Waals surface area (Å²) in [7, 11) is 3.78. The van der Waals surface area contributed by atoms with Gasteiger partial charge in [-0.15, -0.1) is 24.0 Å². The highest BCUT2D eigenvalue weighted by molar-refractivity contribution is 14.0.